The highest BCUT2D eigenvalue weighted by atomic mass is 15.1. The summed E-state index contributed by atoms with van der Waals surface area (Å²) < 4.78 is 0. The van der Waals surface area contributed by atoms with E-state index in [-0.39, 0.29) is 0 Å². The Balaban J connectivity index is 1.88. The number of aromatic nitrogens is 2. The maximum absolute atomic E-state index is 5.70. The van der Waals surface area contributed by atoms with Crippen LogP contribution in [0.3, 0.4) is 0 Å². The topological polar surface area (TPSA) is 63.8 Å². The zero-order chi connectivity index (χ0) is 13.0. The van der Waals surface area contributed by atoms with Gasteiger partial charge in [0.25, 0.3) is 0 Å². The van der Waals surface area contributed by atoms with Crippen molar-refractivity contribution in [3.63, 3.8) is 0 Å². The van der Waals surface area contributed by atoms with Gasteiger partial charge < -0.3 is 11.1 Å². The van der Waals surface area contributed by atoms with E-state index >= 15 is 0 Å². The van der Waals surface area contributed by atoms with Crippen molar-refractivity contribution in [3.8, 4) is 0 Å². The van der Waals surface area contributed by atoms with Crippen LogP contribution in [-0.2, 0) is 0 Å². The van der Waals surface area contributed by atoms with Crippen molar-refractivity contribution in [1.82, 2.24) is 9.97 Å². The van der Waals surface area contributed by atoms with Crippen molar-refractivity contribution in [2.45, 2.75) is 46.1 Å². The molecule has 0 saturated heterocycles. The van der Waals surface area contributed by atoms with E-state index in [4.69, 9.17) is 5.73 Å². The highest BCUT2D eigenvalue weighted by Gasteiger charge is 2.59. The Bertz CT molecular complexity index is 466. The maximum Gasteiger partial charge on any atom is 0.147 e. The number of nitrogens with one attached hydrogen (secondary N) is 1. The second-order valence-electron chi connectivity index (χ2n) is 6.82. The van der Waals surface area contributed by atoms with Gasteiger partial charge in [0.1, 0.15) is 11.6 Å². The average molecular weight is 246 g/mol. The van der Waals surface area contributed by atoms with Crippen LogP contribution in [0.2, 0.25) is 0 Å². The van der Waals surface area contributed by atoms with E-state index in [1.54, 1.807) is 12.4 Å². The van der Waals surface area contributed by atoms with Gasteiger partial charge in [-0.05, 0) is 36.0 Å². The van der Waals surface area contributed by atoms with E-state index < -0.39 is 0 Å². The molecule has 3 N–H and O–H groups in total. The Morgan fingerprint density at radius 3 is 2.72 bits per heavy atom. The lowest BCUT2D eigenvalue weighted by Gasteiger charge is -2.43. The van der Waals surface area contributed by atoms with Crippen LogP contribution in [0.1, 0.15) is 40.0 Å². The van der Waals surface area contributed by atoms with Crippen LogP contribution in [0.15, 0.2) is 12.4 Å². The Morgan fingerprint density at radius 1 is 1.33 bits per heavy atom. The van der Waals surface area contributed by atoms with Gasteiger partial charge in [-0.25, -0.2) is 4.98 Å². The first-order chi connectivity index (χ1) is 8.42. The molecule has 18 heavy (non-hydrogen) atoms. The van der Waals surface area contributed by atoms with E-state index in [2.05, 4.69) is 36.1 Å². The molecule has 1 aromatic heterocycles. The van der Waals surface area contributed by atoms with Gasteiger partial charge in [-0.15, -0.1) is 0 Å². The van der Waals surface area contributed by atoms with Gasteiger partial charge in [0.15, 0.2) is 0 Å². The van der Waals surface area contributed by atoms with Gasteiger partial charge in [0.2, 0.25) is 0 Å². The fraction of sp³-hybridized carbons (Fsp3) is 0.714. The zero-order valence-electron chi connectivity index (χ0n) is 11.4. The SMILES string of the molecule is CC12CCC(C1)C(C)(C)C2Nc1cncc(N)n1. The van der Waals surface area contributed by atoms with Crippen molar-refractivity contribution in [2.75, 3.05) is 11.1 Å². The van der Waals surface area contributed by atoms with Gasteiger partial charge in [0.05, 0.1) is 12.4 Å². The molecule has 4 heteroatoms. The van der Waals surface area contributed by atoms with Gasteiger partial charge in [0, 0.05) is 6.04 Å². The third kappa shape index (κ3) is 1.58. The summed E-state index contributed by atoms with van der Waals surface area (Å²) in [4.78, 5) is 8.43. The second-order valence-corrected chi connectivity index (χ2v) is 6.82. The minimum absolute atomic E-state index is 0.319. The standard InChI is InChI=1S/C14H22N4/c1-13(2)9-4-5-14(3,6-9)12(13)18-11-8-16-7-10(15)17-11/h7-9,12H,4-6H2,1-3H3,(H3,15,17,18). The Hall–Kier alpha value is -1.32. The molecule has 3 atom stereocenters. The number of fused-ring (bicyclic) bond motifs is 2. The molecule has 2 fully saturated rings. The molecule has 0 spiro atoms. The van der Waals surface area contributed by atoms with Crippen LogP contribution >= 0.6 is 0 Å². The molecule has 3 unspecified atom stereocenters. The van der Waals surface area contributed by atoms with Crippen LogP contribution in [0.4, 0.5) is 11.6 Å². The summed E-state index contributed by atoms with van der Waals surface area (Å²) >= 11 is 0. The average Bonchev–Trinajstić information content (AvgIpc) is 2.76. The smallest absolute Gasteiger partial charge is 0.147 e. The second kappa shape index (κ2) is 3.59. The molecule has 98 valence electrons. The lowest BCUT2D eigenvalue weighted by molar-refractivity contribution is 0.155. The Labute approximate surface area is 108 Å². The summed E-state index contributed by atoms with van der Waals surface area (Å²) in [6, 6.07) is 0.458. The lowest BCUT2D eigenvalue weighted by atomic mass is 9.68. The summed E-state index contributed by atoms with van der Waals surface area (Å²) in [6.07, 6.45) is 7.35. The lowest BCUT2D eigenvalue weighted by Crippen LogP contribution is -2.46. The molecule has 2 bridgehead atoms. The third-order valence-electron chi connectivity index (χ3n) is 5.22. The molecule has 0 aromatic carbocycles. The number of hydrogen-bond donors (Lipinski definition) is 2. The Kier molecular flexibility index (Phi) is 2.34. The minimum Gasteiger partial charge on any atom is -0.382 e. The fourth-order valence-electron chi connectivity index (χ4n) is 4.26. The third-order valence-corrected chi connectivity index (χ3v) is 5.22. The summed E-state index contributed by atoms with van der Waals surface area (Å²) in [5.41, 5.74) is 6.40. The molecular weight excluding hydrogens is 224 g/mol. The molecule has 0 aliphatic heterocycles. The quantitative estimate of drug-likeness (QED) is 0.842. The molecule has 3 rings (SSSR count). The van der Waals surface area contributed by atoms with Crippen molar-refractivity contribution in [3.05, 3.63) is 12.4 Å². The maximum atomic E-state index is 5.70. The van der Waals surface area contributed by atoms with Crippen molar-refractivity contribution < 1.29 is 0 Å². The number of nitrogens with two attached hydrogens (primary N) is 1. The summed E-state index contributed by atoms with van der Waals surface area (Å²) in [5.74, 6) is 2.11. The van der Waals surface area contributed by atoms with Crippen molar-refractivity contribution in [2.24, 2.45) is 16.7 Å². The highest BCUT2D eigenvalue weighted by Crippen LogP contribution is 2.62. The zero-order valence-corrected chi connectivity index (χ0v) is 11.4. The molecule has 2 aliphatic rings. The van der Waals surface area contributed by atoms with Crippen LogP contribution in [0.5, 0.6) is 0 Å². The Morgan fingerprint density at radius 2 is 2.11 bits per heavy atom. The van der Waals surface area contributed by atoms with Crippen molar-refractivity contribution >= 4 is 11.6 Å². The molecule has 1 heterocycles. The number of hydrogen-bond acceptors (Lipinski definition) is 4. The molecule has 4 nitrogen and oxygen atoms in total. The first-order valence-electron chi connectivity index (χ1n) is 6.76. The van der Waals surface area contributed by atoms with E-state index in [1.807, 2.05) is 0 Å². The van der Waals surface area contributed by atoms with Crippen LogP contribution in [0.25, 0.3) is 0 Å². The predicted molar refractivity (Wildman–Crippen MR) is 73.1 cm³/mol. The number of nitrogens with zero attached hydrogens (tertiary/aromatic N) is 2. The first kappa shape index (κ1) is 11.8. The van der Waals surface area contributed by atoms with Crippen molar-refractivity contribution in [1.29, 1.82) is 0 Å². The van der Waals surface area contributed by atoms with Gasteiger partial charge in [-0.1, -0.05) is 20.8 Å². The normalized spacial score (nSPS) is 36.8. The van der Waals surface area contributed by atoms with E-state index in [1.165, 1.54) is 19.3 Å². The number of nitrogen functional groups attached to an aromatic ring is 1. The van der Waals surface area contributed by atoms with E-state index in [0.717, 1.165) is 11.7 Å². The van der Waals surface area contributed by atoms with Gasteiger partial charge in [-0.3, -0.25) is 4.98 Å². The first-order valence-corrected chi connectivity index (χ1v) is 6.76. The van der Waals surface area contributed by atoms with E-state index in [9.17, 15) is 0 Å². The van der Waals surface area contributed by atoms with Crippen LogP contribution in [0, 0.1) is 16.7 Å². The highest BCUT2D eigenvalue weighted by molar-refractivity contribution is 5.41. The molecule has 0 amide bonds. The molecule has 1 aromatic rings. The number of rotatable bonds is 2. The summed E-state index contributed by atoms with van der Waals surface area (Å²) in [6.45, 7) is 7.15. The minimum atomic E-state index is 0.319. The molecule has 2 saturated carbocycles. The van der Waals surface area contributed by atoms with Gasteiger partial charge in [-0.2, -0.15) is 0 Å². The summed E-state index contributed by atoms with van der Waals surface area (Å²) in [5, 5.41) is 3.59. The van der Waals surface area contributed by atoms with E-state index in [0.29, 0.717) is 22.7 Å². The fourth-order valence-corrected chi connectivity index (χ4v) is 4.26. The van der Waals surface area contributed by atoms with Crippen LogP contribution < -0.4 is 11.1 Å². The molecular formula is C14H22N4. The number of anilines is 2. The summed E-state index contributed by atoms with van der Waals surface area (Å²) in [7, 11) is 0. The largest absolute Gasteiger partial charge is 0.382 e. The van der Waals surface area contributed by atoms with Gasteiger partial charge >= 0.3 is 0 Å². The predicted octanol–water partition coefficient (Wildman–Crippen LogP) is 2.69. The monoisotopic (exact) mass is 246 g/mol. The molecule has 2 aliphatic carbocycles. The van der Waals surface area contributed by atoms with Crippen LogP contribution in [-0.4, -0.2) is 16.0 Å². The molecule has 0 radical (unpaired) electrons.